The highest BCUT2D eigenvalue weighted by atomic mass is 16.6. The summed E-state index contributed by atoms with van der Waals surface area (Å²) in [7, 11) is 0. The van der Waals surface area contributed by atoms with E-state index in [9.17, 15) is 4.79 Å². The molecule has 3 aromatic carbocycles. The van der Waals surface area contributed by atoms with Gasteiger partial charge in [0.2, 0.25) is 0 Å². The zero-order chi connectivity index (χ0) is 19.6. The number of nitrogens with zero attached hydrogens (tertiary/aromatic N) is 1. The van der Waals surface area contributed by atoms with E-state index in [4.69, 9.17) is 14.2 Å². The molecule has 0 aliphatic carbocycles. The van der Waals surface area contributed by atoms with Gasteiger partial charge in [0.1, 0.15) is 19.0 Å². The van der Waals surface area contributed by atoms with Gasteiger partial charge in [-0.05, 0) is 53.4 Å². The highest BCUT2D eigenvalue weighted by molar-refractivity contribution is 5.84. The van der Waals surface area contributed by atoms with E-state index in [2.05, 4.69) is 6.07 Å². The number of fused-ring (bicyclic) bond motifs is 2. The highest BCUT2D eigenvalue weighted by Crippen LogP contribution is 2.38. The summed E-state index contributed by atoms with van der Waals surface area (Å²) in [6.07, 6.45) is 1.93. The molecule has 5 nitrogen and oxygen atoms in total. The summed E-state index contributed by atoms with van der Waals surface area (Å²) < 4.78 is 17.1. The van der Waals surface area contributed by atoms with Crippen molar-refractivity contribution >= 4 is 16.7 Å². The third-order valence-electron chi connectivity index (χ3n) is 5.61. The molecule has 0 aromatic heterocycles. The van der Waals surface area contributed by atoms with Crippen LogP contribution in [0.25, 0.3) is 10.8 Å². The van der Waals surface area contributed by atoms with E-state index >= 15 is 0 Å². The van der Waals surface area contributed by atoms with Crippen molar-refractivity contribution in [2.24, 2.45) is 0 Å². The van der Waals surface area contributed by atoms with Crippen molar-refractivity contribution in [1.82, 2.24) is 4.90 Å². The fourth-order valence-corrected chi connectivity index (χ4v) is 4.16. The molecule has 1 fully saturated rings. The molecule has 0 saturated carbocycles. The number of ether oxygens (including phenoxy) is 3. The highest BCUT2D eigenvalue weighted by Gasteiger charge is 2.31. The molecule has 2 aliphatic heterocycles. The van der Waals surface area contributed by atoms with Gasteiger partial charge in [-0.2, -0.15) is 0 Å². The summed E-state index contributed by atoms with van der Waals surface area (Å²) in [6, 6.07) is 20.1. The van der Waals surface area contributed by atoms with Crippen LogP contribution in [-0.2, 0) is 4.79 Å². The van der Waals surface area contributed by atoms with Gasteiger partial charge >= 0.3 is 0 Å². The number of carbonyl (C=O) groups is 1. The van der Waals surface area contributed by atoms with Crippen LogP contribution < -0.4 is 14.2 Å². The molecule has 1 amide bonds. The lowest BCUT2D eigenvalue weighted by Gasteiger charge is -2.26. The Hall–Kier alpha value is -3.21. The summed E-state index contributed by atoms with van der Waals surface area (Å²) in [5.41, 5.74) is 1.09. The van der Waals surface area contributed by atoms with Crippen molar-refractivity contribution in [3.63, 3.8) is 0 Å². The van der Waals surface area contributed by atoms with Gasteiger partial charge in [-0.3, -0.25) is 4.79 Å². The number of likely N-dealkylation sites (tertiary alicyclic amines) is 1. The summed E-state index contributed by atoms with van der Waals surface area (Å²) in [6.45, 7) is 1.92. The smallest absolute Gasteiger partial charge is 0.261 e. The molecule has 29 heavy (non-hydrogen) atoms. The number of rotatable bonds is 4. The molecular formula is C24H23NO4. The average molecular weight is 389 g/mol. The zero-order valence-electron chi connectivity index (χ0n) is 16.2. The Bertz CT molecular complexity index is 1050. The molecule has 0 N–H and O–H groups in total. The van der Waals surface area contributed by atoms with Crippen LogP contribution in [0.4, 0.5) is 0 Å². The maximum atomic E-state index is 12.9. The summed E-state index contributed by atoms with van der Waals surface area (Å²) in [5, 5.41) is 2.26. The second-order valence-corrected chi connectivity index (χ2v) is 7.45. The third kappa shape index (κ3) is 3.60. The quantitative estimate of drug-likeness (QED) is 0.666. The van der Waals surface area contributed by atoms with Crippen molar-refractivity contribution in [2.75, 3.05) is 26.4 Å². The Labute approximate surface area is 169 Å². The van der Waals surface area contributed by atoms with Gasteiger partial charge in [-0.25, -0.2) is 0 Å². The van der Waals surface area contributed by atoms with Crippen molar-refractivity contribution in [2.45, 2.75) is 18.9 Å². The first kappa shape index (κ1) is 17.9. The summed E-state index contributed by atoms with van der Waals surface area (Å²) in [4.78, 5) is 14.8. The topological polar surface area (TPSA) is 48.0 Å². The number of hydrogen-bond donors (Lipinski definition) is 0. The van der Waals surface area contributed by atoms with Gasteiger partial charge in [-0.15, -0.1) is 0 Å². The van der Waals surface area contributed by atoms with E-state index in [1.165, 1.54) is 0 Å². The van der Waals surface area contributed by atoms with E-state index in [1.54, 1.807) is 0 Å². The molecule has 3 aromatic rings. The predicted molar refractivity (Wildman–Crippen MR) is 111 cm³/mol. The van der Waals surface area contributed by atoms with E-state index < -0.39 is 0 Å². The van der Waals surface area contributed by atoms with E-state index in [0.29, 0.717) is 19.0 Å². The van der Waals surface area contributed by atoms with Crippen molar-refractivity contribution in [3.8, 4) is 17.2 Å². The maximum Gasteiger partial charge on any atom is 0.261 e. The molecule has 0 unspecified atom stereocenters. The van der Waals surface area contributed by atoms with Gasteiger partial charge in [-0.1, -0.05) is 36.4 Å². The Balaban J connectivity index is 1.28. The number of amides is 1. The van der Waals surface area contributed by atoms with Gasteiger partial charge in [0, 0.05) is 6.54 Å². The molecule has 5 rings (SSSR count). The third-order valence-corrected chi connectivity index (χ3v) is 5.61. The van der Waals surface area contributed by atoms with Gasteiger partial charge in [0.05, 0.1) is 6.04 Å². The molecular weight excluding hydrogens is 366 g/mol. The minimum atomic E-state index is 0.00977. The number of hydrogen-bond acceptors (Lipinski definition) is 4. The maximum absolute atomic E-state index is 12.9. The Morgan fingerprint density at radius 1 is 0.966 bits per heavy atom. The molecule has 148 valence electrons. The first-order chi connectivity index (χ1) is 14.3. The minimum absolute atomic E-state index is 0.00977. The first-order valence-electron chi connectivity index (χ1n) is 10.1. The van der Waals surface area contributed by atoms with Crippen LogP contribution in [0.15, 0.2) is 60.7 Å². The number of carbonyl (C=O) groups excluding carboxylic acids is 1. The lowest BCUT2D eigenvalue weighted by atomic mass is 10.0. The van der Waals surface area contributed by atoms with E-state index in [-0.39, 0.29) is 18.6 Å². The molecule has 0 bridgehead atoms. The Morgan fingerprint density at radius 3 is 2.69 bits per heavy atom. The molecule has 0 radical (unpaired) electrons. The molecule has 1 atom stereocenters. The Kier molecular flexibility index (Phi) is 4.72. The van der Waals surface area contributed by atoms with Crippen LogP contribution in [0.3, 0.4) is 0 Å². The van der Waals surface area contributed by atoms with Crippen LogP contribution in [0.1, 0.15) is 24.4 Å². The summed E-state index contributed by atoms with van der Waals surface area (Å²) >= 11 is 0. The summed E-state index contributed by atoms with van der Waals surface area (Å²) in [5.74, 6) is 2.26. The van der Waals surface area contributed by atoms with Crippen LogP contribution in [-0.4, -0.2) is 37.2 Å². The monoisotopic (exact) mass is 389 g/mol. The van der Waals surface area contributed by atoms with E-state index in [0.717, 1.165) is 47.2 Å². The molecule has 1 saturated heterocycles. The van der Waals surface area contributed by atoms with Crippen molar-refractivity contribution in [1.29, 1.82) is 0 Å². The fraction of sp³-hybridized carbons (Fsp3) is 0.292. The zero-order valence-corrected chi connectivity index (χ0v) is 16.2. The molecule has 0 spiro atoms. The first-order valence-corrected chi connectivity index (χ1v) is 10.1. The second-order valence-electron chi connectivity index (χ2n) is 7.45. The number of benzene rings is 3. The standard InChI is InChI=1S/C24H23NO4/c26-24(16-29-20-9-7-17-4-1-2-5-18(17)14-20)25-11-3-6-21(25)19-8-10-22-23(15-19)28-13-12-27-22/h1-2,4-5,7-10,14-15,21H,3,6,11-13,16H2/t21-/m0/s1. The van der Waals surface area contributed by atoms with Crippen LogP contribution >= 0.6 is 0 Å². The van der Waals surface area contributed by atoms with Crippen molar-refractivity contribution < 1.29 is 19.0 Å². The second kappa shape index (κ2) is 7.66. The SMILES string of the molecule is O=C(COc1ccc2ccccc2c1)N1CCC[C@H]1c1ccc2c(c1)OCCO2. The fourth-order valence-electron chi connectivity index (χ4n) is 4.16. The minimum Gasteiger partial charge on any atom is -0.486 e. The lowest BCUT2D eigenvalue weighted by molar-refractivity contribution is -0.134. The largest absolute Gasteiger partial charge is 0.486 e. The molecule has 5 heteroatoms. The van der Waals surface area contributed by atoms with Crippen molar-refractivity contribution in [3.05, 3.63) is 66.2 Å². The van der Waals surface area contributed by atoms with Crippen LogP contribution in [0, 0.1) is 0 Å². The van der Waals surface area contributed by atoms with Gasteiger partial charge in [0.15, 0.2) is 18.1 Å². The van der Waals surface area contributed by atoms with Crippen LogP contribution in [0.2, 0.25) is 0 Å². The molecule has 2 heterocycles. The van der Waals surface area contributed by atoms with E-state index in [1.807, 2.05) is 59.5 Å². The Morgan fingerprint density at radius 2 is 1.79 bits per heavy atom. The molecule has 2 aliphatic rings. The normalized spacial score (nSPS) is 18.1. The van der Waals surface area contributed by atoms with Gasteiger partial charge in [0.25, 0.3) is 5.91 Å². The van der Waals surface area contributed by atoms with Gasteiger partial charge < -0.3 is 19.1 Å². The predicted octanol–water partition coefficient (Wildman–Crippen LogP) is 4.35. The average Bonchev–Trinajstić information content (AvgIpc) is 3.27. The van der Waals surface area contributed by atoms with Crippen LogP contribution in [0.5, 0.6) is 17.2 Å². The lowest BCUT2D eigenvalue weighted by Crippen LogP contribution is -2.34.